The van der Waals surface area contributed by atoms with Crippen molar-refractivity contribution in [3.8, 4) is 11.8 Å². The number of alkyl halides is 6. The summed E-state index contributed by atoms with van der Waals surface area (Å²) in [6.45, 7) is 0. The fraction of sp³-hybridized carbons (Fsp3) is 0.444. The Labute approximate surface area is 103 Å². The van der Waals surface area contributed by atoms with Gasteiger partial charge in [-0.2, -0.15) is 31.3 Å². The third-order valence-electron chi connectivity index (χ3n) is 1.89. The lowest BCUT2D eigenvalue weighted by atomic mass is 10.3. The van der Waals surface area contributed by atoms with Crippen LogP contribution in [0.3, 0.4) is 0 Å². The molecule has 0 unspecified atom stereocenters. The summed E-state index contributed by atoms with van der Waals surface area (Å²) in [5, 5.41) is 0. The molecule has 108 valence electrons. The highest BCUT2D eigenvalue weighted by Gasteiger charge is 2.59. The minimum atomic E-state index is -5.62. The molecule has 0 radical (unpaired) electrons. The SMILES string of the molecule is COc1nc(OC(C(F)(F)F)C(F)(F)F)ccc1N. The van der Waals surface area contributed by atoms with Crippen molar-refractivity contribution in [1.82, 2.24) is 4.98 Å². The lowest BCUT2D eigenvalue weighted by molar-refractivity contribution is -0.300. The van der Waals surface area contributed by atoms with Crippen molar-refractivity contribution in [2.75, 3.05) is 12.8 Å². The number of pyridine rings is 1. The van der Waals surface area contributed by atoms with Crippen molar-refractivity contribution in [2.45, 2.75) is 18.5 Å². The van der Waals surface area contributed by atoms with E-state index in [1.165, 1.54) is 0 Å². The van der Waals surface area contributed by atoms with Gasteiger partial charge in [0.1, 0.15) is 0 Å². The number of halogens is 6. The summed E-state index contributed by atoms with van der Waals surface area (Å²) < 4.78 is 81.8. The molecule has 10 heteroatoms. The molecular formula is C9H8F6N2O2. The van der Waals surface area contributed by atoms with E-state index in [2.05, 4.69) is 14.5 Å². The van der Waals surface area contributed by atoms with E-state index < -0.39 is 24.3 Å². The van der Waals surface area contributed by atoms with E-state index in [0.717, 1.165) is 19.2 Å². The van der Waals surface area contributed by atoms with Crippen LogP contribution in [0.15, 0.2) is 12.1 Å². The Morgan fingerprint density at radius 3 is 2.05 bits per heavy atom. The Morgan fingerprint density at radius 2 is 1.63 bits per heavy atom. The summed E-state index contributed by atoms with van der Waals surface area (Å²) in [4.78, 5) is 3.29. The van der Waals surface area contributed by atoms with E-state index >= 15 is 0 Å². The van der Waals surface area contributed by atoms with E-state index in [1.807, 2.05) is 0 Å². The molecule has 1 rings (SSSR count). The van der Waals surface area contributed by atoms with Crippen LogP contribution in [0.4, 0.5) is 32.0 Å². The highest BCUT2D eigenvalue weighted by Crippen LogP contribution is 2.36. The van der Waals surface area contributed by atoms with Crippen LogP contribution in [-0.4, -0.2) is 30.6 Å². The van der Waals surface area contributed by atoms with Gasteiger partial charge < -0.3 is 15.2 Å². The van der Waals surface area contributed by atoms with E-state index in [9.17, 15) is 26.3 Å². The van der Waals surface area contributed by atoms with Crippen molar-refractivity contribution < 1.29 is 35.8 Å². The first-order valence-corrected chi connectivity index (χ1v) is 4.66. The maximum absolute atomic E-state index is 12.2. The van der Waals surface area contributed by atoms with E-state index in [4.69, 9.17) is 5.73 Å². The molecular weight excluding hydrogens is 282 g/mol. The van der Waals surface area contributed by atoms with Gasteiger partial charge in [0, 0.05) is 6.07 Å². The number of ether oxygens (including phenoxy) is 2. The third-order valence-corrected chi connectivity index (χ3v) is 1.89. The van der Waals surface area contributed by atoms with Crippen LogP contribution in [0.5, 0.6) is 11.8 Å². The molecule has 0 bridgehead atoms. The number of nitrogen functional groups attached to an aromatic ring is 1. The quantitative estimate of drug-likeness (QED) is 0.869. The number of aromatic nitrogens is 1. The van der Waals surface area contributed by atoms with Gasteiger partial charge in [0.05, 0.1) is 12.8 Å². The summed E-state index contributed by atoms with van der Waals surface area (Å²) in [5.74, 6) is -1.23. The molecule has 4 nitrogen and oxygen atoms in total. The van der Waals surface area contributed by atoms with E-state index in [0.29, 0.717) is 0 Å². The number of methoxy groups -OCH3 is 1. The van der Waals surface area contributed by atoms with Gasteiger partial charge in [-0.15, -0.1) is 0 Å². The monoisotopic (exact) mass is 290 g/mol. The maximum Gasteiger partial charge on any atom is 0.434 e. The minimum absolute atomic E-state index is 0.0505. The smallest absolute Gasteiger partial charge is 0.434 e. The first-order valence-electron chi connectivity index (χ1n) is 4.66. The number of nitrogens with two attached hydrogens (primary N) is 1. The number of hydrogen-bond acceptors (Lipinski definition) is 4. The lowest BCUT2D eigenvalue weighted by Gasteiger charge is -2.23. The molecule has 0 aliphatic carbocycles. The highest BCUT2D eigenvalue weighted by atomic mass is 19.4. The van der Waals surface area contributed by atoms with Gasteiger partial charge in [0.25, 0.3) is 6.10 Å². The molecule has 1 aromatic heterocycles. The first kappa shape index (κ1) is 15.2. The summed E-state index contributed by atoms with van der Waals surface area (Å²) in [6, 6.07) is 1.80. The molecule has 0 spiro atoms. The number of nitrogens with zero attached hydrogens (tertiary/aromatic N) is 1. The van der Waals surface area contributed by atoms with Crippen LogP contribution in [0, 0.1) is 0 Å². The lowest BCUT2D eigenvalue weighted by Crippen LogP contribution is -2.46. The second-order valence-electron chi connectivity index (χ2n) is 3.33. The summed E-state index contributed by atoms with van der Waals surface area (Å²) in [6.07, 6.45) is -15.2. The van der Waals surface area contributed by atoms with Gasteiger partial charge in [0.15, 0.2) is 0 Å². The van der Waals surface area contributed by atoms with Gasteiger partial charge in [-0.25, -0.2) is 0 Å². The summed E-state index contributed by atoms with van der Waals surface area (Å²) in [5.41, 5.74) is 5.26. The summed E-state index contributed by atoms with van der Waals surface area (Å²) in [7, 11) is 1.10. The Hall–Kier alpha value is -1.87. The normalized spacial score (nSPS) is 12.6. The van der Waals surface area contributed by atoms with Crippen LogP contribution in [0.2, 0.25) is 0 Å². The Kier molecular flexibility index (Phi) is 4.01. The molecule has 1 heterocycles. The second kappa shape index (κ2) is 5.02. The number of rotatable bonds is 3. The number of anilines is 1. The first-order chi connectivity index (χ1) is 8.55. The molecule has 0 fully saturated rings. The average molecular weight is 290 g/mol. The molecule has 2 N–H and O–H groups in total. The van der Waals surface area contributed by atoms with Crippen molar-refractivity contribution in [2.24, 2.45) is 0 Å². The van der Waals surface area contributed by atoms with Gasteiger partial charge >= 0.3 is 12.4 Å². The van der Waals surface area contributed by atoms with Crippen molar-refractivity contribution in [1.29, 1.82) is 0 Å². The third kappa shape index (κ3) is 3.80. The van der Waals surface area contributed by atoms with Crippen LogP contribution in [-0.2, 0) is 0 Å². The molecule has 0 amide bonds. The zero-order valence-corrected chi connectivity index (χ0v) is 9.34. The highest BCUT2D eigenvalue weighted by molar-refractivity contribution is 5.49. The van der Waals surface area contributed by atoms with Gasteiger partial charge in [-0.1, -0.05) is 0 Å². The zero-order chi connectivity index (χ0) is 14.8. The fourth-order valence-electron chi connectivity index (χ4n) is 1.10. The average Bonchev–Trinajstić information content (AvgIpc) is 2.24. The van der Waals surface area contributed by atoms with Crippen LogP contribution in [0.25, 0.3) is 0 Å². The Balaban J connectivity index is 3.04. The molecule has 0 saturated carbocycles. The molecule has 0 atom stereocenters. The second-order valence-corrected chi connectivity index (χ2v) is 3.33. The van der Waals surface area contributed by atoms with Crippen molar-refractivity contribution in [3.05, 3.63) is 12.1 Å². The van der Waals surface area contributed by atoms with Gasteiger partial charge in [-0.3, -0.25) is 0 Å². The molecule has 0 saturated heterocycles. The van der Waals surface area contributed by atoms with E-state index in [-0.39, 0.29) is 11.6 Å². The van der Waals surface area contributed by atoms with Gasteiger partial charge in [0.2, 0.25) is 11.8 Å². The number of hydrogen-bond donors (Lipinski definition) is 1. The fourth-order valence-corrected chi connectivity index (χ4v) is 1.10. The predicted molar refractivity (Wildman–Crippen MR) is 51.7 cm³/mol. The van der Waals surface area contributed by atoms with Crippen molar-refractivity contribution >= 4 is 5.69 Å². The molecule has 1 aromatic rings. The van der Waals surface area contributed by atoms with Crippen LogP contribution >= 0.6 is 0 Å². The topological polar surface area (TPSA) is 57.4 Å². The van der Waals surface area contributed by atoms with Gasteiger partial charge in [-0.05, 0) is 6.07 Å². The molecule has 0 aliphatic rings. The molecule has 19 heavy (non-hydrogen) atoms. The van der Waals surface area contributed by atoms with Crippen molar-refractivity contribution in [3.63, 3.8) is 0 Å². The predicted octanol–water partition coefficient (Wildman–Crippen LogP) is 2.54. The Morgan fingerprint density at radius 1 is 1.11 bits per heavy atom. The molecule has 0 aliphatic heterocycles. The maximum atomic E-state index is 12.2. The minimum Gasteiger partial charge on any atom is -0.479 e. The van der Waals surface area contributed by atoms with Crippen LogP contribution < -0.4 is 15.2 Å². The molecule has 0 aromatic carbocycles. The largest absolute Gasteiger partial charge is 0.479 e. The Bertz CT molecular complexity index is 431. The standard InChI is InChI=1S/C9H8F6N2O2/c1-18-6-4(16)2-3-5(17-6)19-7(8(10,11)12)9(13,14)15/h2-3,7H,16H2,1H3. The van der Waals surface area contributed by atoms with Crippen LogP contribution in [0.1, 0.15) is 0 Å². The van der Waals surface area contributed by atoms with E-state index in [1.54, 1.807) is 0 Å². The summed E-state index contributed by atoms with van der Waals surface area (Å²) >= 11 is 0. The zero-order valence-electron chi connectivity index (χ0n) is 9.34.